The molecule has 0 aliphatic carbocycles. The Morgan fingerprint density at radius 3 is 2.33 bits per heavy atom. The Kier molecular flexibility index (Phi) is 5.33. The highest BCUT2D eigenvalue weighted by Crippen LogP contribution is 2.23. The van der Waals surface area contributed by atoms with Gasteiger partial charge in [-0.15, -0.1) is 0 Å². The monoisotopic (exact) mass is 294 g/mol. The van der Waals surface area contributed by atoms with E-state index in [-0.39, 0.29) is 13.0 Å². The molecule has 112 valence electrons. The lowest BCUT2D eigenvalue weighted by atomic mass is 10.1. The molecule has 0 unspecified atom stereocenters. The molecule has 2 aromatic rings. The normalized spacial score (nSPS) is 13.1. The van der Waals surface area contributed by atoms with Crippen molar-refractivity contribution in [2.45, 2.75) is 25.1 Å². The van der Waals surface area contributed by atoms with E-state index in [1.807, 2.05) is 12.1 Å². The van der Waals surface area contributed by atoms with E-state index in [9.17, 15) is 13.2 Å². The Bertz CT molecular complexity index is 526. The Labute approximate surface area is 122 Å². The van der Waals surface area contributed by atoms with E-state index in [0.29, 0.717) is 12.0 Å². The number of nitrogens with zero attached hydrogens (tertiary/aromatic N) is 1. The van der Waals surface area contributed by atoms with Crippen LogP contribution in [0.1, 0.15) is 11.3 Å². The van der Waals surface area contributed by atoms with Crippen molar-refractivity contribution in [3.8, 4) is 0 Å². The summed E-state index contributed by atoms with van der Waals surface area (Å²) < 4.78 is 39.2. The molecular formula is C16H17F3N2. The lowest BCUT2D eigenvalue weighted by molar-refractivity contribution is -0.155. The number of nitrogens with one attached hydrogen (secondary N) is 1. The lowest BCUT2D eigenvalue weighted by Crippen LogP contribution is -2.44. The van der Waals surface area contributed by atoms with Gasteiger partial charge in [0.25, 0.3) is 0 Å². The molecule has 2 rings (SSSR count). The minimum absolute atomic E-state index is 0.0629. The minimum atomic E-state index is -4.26. The van der Waals surface area contributed by atoms with Crippen molar-refractivity contribution < 1.29 is 13.2 Å². The van der Waals surface area contributed by atoms with E-state index in [2.05, 4.69) is 10.3 Å². The number of benzene rings is 1. The summed E-state index contributed by atoms with van der Waals surface area (Å²) in [6.45, 7) is 0.244. The minimum Gasteiger partial charge on any atom is -0.305 e. The number of rotatable bonds is 6. The molecule has 0 aliphatic heterocycles. The van der Waals surface area contributed by atoms with Crippen molar-refractivity contribution in [2.75, 3.05) is 6.54 Å². The SMILES string of the molecule is FC(F)(F)[C@@H](Cc1ccccc1)NCCc1ccccn1. The van der Waals surface area contributed by atoms with Crippen LogP contribution in [0.15, 0.2) is 54.7 Å². The maximum Gasteiger partial charge on any atom is 0.404 e. The molecule has 5 heteroatoms. The highest BCUT2D eigenvalue weighted by Gasteiger charge is 2.38. The fourth-order valence-electron chi connectivity index (χ4n) is 2.07. The average molecular weight is 294 g/mol. The van der Waals surface area contributed by atoms with Gasteiger partial charge in [0.15, 0.2) is 0 Å². The first-order valence-electron chi connectivity index (χ1n) is 6.79. The van der Waals surface area contributed by atoms with E-state index in [0.717, 1.165) is 5.69 Å². The van der Waals surface area contributed by atoms with Gasteiger partial charge in [-0.2, -0.15) is 13.2 Å². The number of pyridine rings is 1. The largest absolute Gasteiger partial charge is 0.404 e. The molecule has 1 aromatic heterocycles. The second kappa shape index (κ2) is 7.22. The number of hydrogen-bond donors (Lipinski definition) is 1. The van der Waals surface area contributed by atoms with Crippen LogP contribution < -0.4 is 5.32 Å². The topological polar surface area (TPSA) is 24.9 Å². The van der Waals surface area contributed by atoms with Gasteiger partial charge in [-0.25, -0.2) is 0 Å². The van der Waals surface area contributed by atoms with E-state index < -0.39 is 12.2 Å². The van der Waals surface area contributed by atoms with Gasteiger partial charge in [0, 0.05) is 24.9 Å². The number of alkyl halides is 3. The first-order chi connectivity index (χ1) is 10.1. The molecule has 1 aromatic carbocycles. The smallest absolute Gasteiger partial charge is 0.305 e. The zero-order valence-electron chi connectivity index (χ0n) is 11.5. The third-order valence-electron chi connectivity index (χ3n) is 3.18. The predicted molar refractivity (Wildman–Crippen MR) is 75.9 cm³/mol. The Morgan fingerprint density at radius 1 is 1.00 bits per heavy atom. The van der Waals surface area contributed by atoms with Crippen molar-refractivity contribution >= 4 is 0 Å². The maximum atomic E-state index is 13.1. The van der Waals surface area contributed by atoms with Gasteiger partial charge >= 0.3 is 6.18 Å². The van der Waals surface area contributed by atoms with Gasteiger partial charge in [0.05, 0.1) is 0 Å². The summed E-state index contributed by atoms with van der Waals surface area (Å²) in [5.74, 6) is 0. The fourth-order valence-corrected chi connectivity index (χ4v) is 2.07. The molecule has 0 fully saturated rings. The van der Waals surface area contributed by atoms with Crippen LogP contribution >= 0.6 is 0 Å². The molecule has 0 radical (unpaired) electrons. The van der Waals surface area contributed by atoms with Crippen molar-refractivity contribution in [3.63, 3.8) is 0 Å². The van der Waals surface area contributed by atoms with Gasteiger partial charge in [0.1, 0.15) is 6.04 Å². The first-order valence-corrected chi connectivity index (χ1v) is 6.79. The quantitative estimate of drug-likeness (QED) is 0.883. The fraction of sp³-hybridized carbons (Fsp3) is 0.312. The molecular weight excluding hydrogens is 277 g/mol. The third-order valence-corrected chi connectivity index (χ3v) is 3.18. The molecule has 1 N–H and O–H groups in total. The van der Waals surface area contributed by atoms with Crippen molar-refractivity contribution in [2.24, 2.45) is 0 Å². The van der Waals surface area contributed by atoms with Crippen LogP contribution in [0.5, 0.6) is 0 Å². The molecule has 1 atom stereocenters. The Balaban J connectivity index is 1.91. The summed E-state index contributed by atoms with van der Waals surface area (Å²) in [6.07, 6.45) is -2.21. The van der Waals surface area contributed by atoms with Crippen LogP contribution in [-0.4, -0.2) is 23.7 Å². The summed E-state index contributed by atoms with van der Waals surface area (Å²) in [5.41, 5.74) is 1.45. The summed E-state index contributed by atoms with van der Waals surface area (Å²) in [7, 11) is 0. The van der Waals surface area contributed by atoms with Crippen LogP contribution in [0.2, 0.25) is 0 Å². The standard InChI is InChI=1S/C16H17F3N2/c17-16(18,19)15(12-13-6-2-1-3-7-13)21-11-9-14-8-4-5-10-20-14/h1-8,10,15,21H,9,11-12H2/t15-/m1/s1. The first kappa shape index (κ1) is 15.5. The van der Waals surface area contributed by atoms with Crippen LogP contribution in [0.3, 0.4) is 0 Å². The summed E-state index contributed by atoms with van der Waals surface area (Å²) in [6, 6.07) is 12.6. The molecule has 0 amide bonds. The Morgan fingerprint density at radius 2 is 1.71 bits per heavy atom. The van der Waals surface area contributed by atoms with Crippen LogP contribution in [0.25, 0.3) is 0 Å². The molecule has 2 nitrogen and oxygen atoms in total. The zero-order valence-corrected chi connectivity index (χ0v) is 11.5. The van der Waals surface area contributed by atoms with Gasteiger partial charge < -0.3 is 5.32 Å². The summed E-state index contributed by atoms with van der Waals surface area (Å²) in [4.78, 5) is 4.10. The maximum absolute atomic E-state index is 13.1. The van der Waals surface area contributed by atoms with E-state index in [4.69, 9.17) is 0 Å². The van der Waals surface area contributed by atoms with Gasteiger partial charge in [-0.3, -0.25) is 4.98 Å². The molecule has 1 heterocycles. The molecule has 0 saturated heterocycles. The highest BCUT2D eigenvalue weighted by molar-refractivity contribution is 5.16. The Hall–Kier alpha value is -1.88. The highest BCUT2D eigenvalue weighted by atomic mass is 19.4. The summed E-state index contributed by atoms with van der Waals surface area (Å²) >= 11 is 0. The molecule has 0 spiro atoms. The number of halogens is 3. The third kappa shape index (κ3) is 5.19. The molecule has 0 bridgehead atoms. The van der Waals surface area contributed by atoms with Gasteiger partial charge in [-0.1, -0.05) is 36.4 Å². The zero-order chi connectivity index (χ0) is 15.1. The average Bonchev–Trinajstić information content (AvgIpc) is 2.47. The van der Waals surface area contributed by atoms with Crippen LogP contribution in [0, 0.1) is 0 Å². The van der Waals surface area contributed by atoms with Gasteiger partial charge in [-0.05, 0) is 24.1 Å². The van der Waals surface area contributed by atoms with Gasteiger partial charge in [0.2, 0.25) is 0 Å². The van der Waals surface area contributed by atoms with Crippen LogP contribution in [-0.2, 0) is 12.8 Å². The van der Waals surface area contributed by atoms with Crippen molar-refractivity contribution in [3.05, 3.63) is 66.0 Å². The molecule has 21 heavy (non-hydrogen) atoms. The second-order valence-corrected chi connectivity index (χ2v) is 4.81. The predicted octanol–water partition coefficient (Wildman–Crippen LogP) is 3.39. The summed E-state index contributed by atoms with van der Waals surface area (Å²) in [5, 5.41) is 2.59. The number of hydrogen-bond acceptors (Lipinski definition) is 2. The van der Waals surface area contributed by atoms with Crippen molar-refractivity contribution in [1.29, 1.82) is 0 Å². The lowest BCUT2D eigenvalue weighted by Gasteiger charge is -2.21. The van der Waals surface area contributed by atoms with Crippen molar-refractivity contribution in [1.82, 2.24) is 10.3 Å². The van der Waals surface area contributed by atoms with E-state index in [1.54, 1.807) is 42.6 Å². The second-order valence-electron chi connectivity index (χ2n) is 4.81. The van der Waals surface area contributed by atoms with E-state index >= 15 is 0 Å². The molecule has 0 aliphatic rings. The number of aromatic nitrogens is 1. The van der Waals surface area contributed by atoms with Crippen LogP contribution in [0.4, 0.5) is 13.2 Å². The van der Waals surface area contributed by atoms with E-state index in [1.165, 1.54) is 0 Å². The molecule has 0 saturated carbocycles.